The van der Waals surface area contributed by atoms with Crippen molar-refractivity contribution in [1.29, 1.82) is 0 Å². The minimum Gasteiger partial charge on any atom is -0.320 e. The number of carbonyl (C=O) groups excluding carboxylic acids is 1. The minimum atomic E-state index is -0.452. The van der Waals surface area contributed by atoms with Crippen molar-refractivity contribution in [3.05, 3.63) is 0 Å². The van der Waals surface area contributed by atoms with Gasteiger partial charge in [-0.3, -0.25) is 4.79 Å². The molecule has 2 N–H and O–H groups in total. The molecule has 0 aromatic heterocycles. The number of hydrogen-bond donors (Lipinski definition) is 1. The van der Waals surface area contributed by atoms with Crippen molar-refractivity contribution in [2.45, 2.75) is 32.2 Å². The summed E-state index contributed by atoms with van der Waals surface area (Å²) in [5, 5.41) is -0.427. The molecule has 0 aliphatic carbocycles. The Bertz CT molecular complexity index is 95.1. The first-order chi connectivity index (χ1) is 4.18. The number of nitrogens with two attached hydrogens (primary N) is 1. The van der Waals surface area contributed by atoms with E-state index in [1.165, 1.54) is 0 Å². The Morgan fingerprint density at radius 3 is 2.67 bits per heavy atom. The molecule has 0 aromatic rings. The van der Waals surface area contributed by atoms with Crippen LogP contribution in [0.1, 0.15) is 26.2 Å². The maximum atomic E-state index is 10.3. The lowest BCUT2D eigenvalue weighted by Gasteiger charge is -2.02. The van der Waals surface area contributed by atoms with Crippen LogP contribution in [0.15, 0.2) is 0 Å². The molecule has 0 saturated carbocycles. The average molecular weight is 150 g/mol. The van der Waals surface area contributed by atoms with Crippen LogP contribution in [0, 0.1) is 0 Å². The second kappa shape index (κ2) is 4.77. The molecule has 0 spiro atoms. The highest BCUT2D eigenvalue weighted by Gasteiger charge is 2.07. The number of hydrogen-bond acceptors (Lipinski definition) is 2. The van der Waals surface area contributed by atoms with E-state index in [0.29, 0.717) is 6.42 Å². The summed E-state index contributed by atoms with van der Waals surface area (Å²) in [5.74, 6) is 0. The zero-order chi connectivity index (χ0) is 7.28. The molecular weight excluding hydrogens is 138 g/mol. The molecule has 0 radical (unpaired) electrons. The number of carbonyl (C=O) groups is 1. The van der Waals surface area contributed by atoms with E-state index in [4.69, 9.17) is 17.3 Å². The Hall–Kier alpha value is -0.0800. The number of rotatable bonds is 4. The summed E-state index contributed by atoms with van der Waals surface area (Å²) in [7, 11) is 0. The highest BCUT2D eigenvalue weighted by Crippen LogP contribution is 2.00. The van der Waals surface area contributed by atoms with Gasteiger partial charge in [0, 0.05) is 0 Å². The van der Waals surface area contributed by atoms with E-state index in [0.717, 1.165) is 12.8 Å². The van der Waals surface area contributed by atoms with Gasteiger partial charge in [0.1, 0.15) is 0 Å². The summed E-state index contributed by atoms with van der Waals surface area (Å²) in [5.41, 5.74) is 5.32. The van der Waals surface area contributed by atoms with Gasteiger partial charge in [-0.1, -0.05) is 19.8 Å². The van der Waals surface area contributed by atoms with Crippen LogP contribution in [0.5, 0.6) is 0 Å². The lowest BCUT2D eigenvalue weighted by molar-refractivity contribution is -0.112. The SMILES string of the molecule is CCCCC(N)C(=O)Cl. The fraction of sp³-hybridized carbons (Fsp3) is 0.833. The lowest BCUT2D eigenvalue weighted by Crippen LogP contribution is -2.26. The van der Waals surface area contributed by atoms with E-state index in [2.05, 4.69) is 0 Å². The highest BCUT2D eigenvalue weighted by molar-refractivity contribution is 6.64. The first-order valence-corrected chi connectivity index (χ1v) is 3.51. The summed E-state index contributed by atoms with van der Waals surface area (Å²) in [4.78, 5) is 10.3. The maximum Gasteiger partial charge on any atom is 0.238 e. The molecule has 54 valence electrons. The Kier molecular flexibility index (Phi) is 4.72. The van der Waals surface area contributed by atoms with Crippen molar-refractivity contribution >= 4 is 16.8 Å². The fourth-order valence-electron chi connectivity index (χ4n) is 0.538. The molecular formula is C6H12ClNO. The molecule has 9 heavy (non-hydrogen) atoms. The topological polar surface area (TPSA) is 43.1 Å². The Morgan fingerprint density at radius 2 is 2.33 bits per heavy atom. The third-order valence-electron chi connectivity index (χ3n) is 1.16. The van der Waals surface area contributed by atoms with E-state index in [1.807, 2.05) is 6.92 Å². The predicted octanol–water partition coefficient (Wildman–Crippen LogP) is 1.27. The molecule has 0 amide bonds. The molecule has 0 aromatic carbocycles. The molecule has 0 fully saturated rings. The van der Waals surface area contributed by atoms with Gasteiger partial charge in [0.2, 0.25) is 5.24 Å². The predicted molar refractivity (Wildman–Crippen MR) is 38.4 cm³/mol. The van der Waals surface area contributed by atoms with Crippen molar-refractivity contribution in [2.75, 3.05) is 0 Å². The van der Waals surface area contributed by atoms with Gasteiger partial charge in [-0.2, -0.15) is 0 Å². The largest absolute Gasteiger partial charge is 0.320 e. The Balaban J connectivity index is 3.27. The van der Waals surface area contributed by atoms with Crippen LogP contribution in [0.25, 0.3) is 0 Å². The molecule has 0 bridgehead atoms. The van der Waals surface area contributed by atoms with Crippen molar-refractivity contribution in [1.82, 2.24) is 0 Å². The van der Waals surface area contributed by atoms with Crippen LogP contribution in [0.3, 0.4) is 0 Å². The summed E-state index contributed by atoms with van der Waals surface area (Å²) in [6.07, 6.45) is 2.73. The summed E-state index contributed by atoms with van der Waals surface area (Å²) in [6, 6.07) is -0.452. The fourth-order valence-corrected chi connectivity index (χ4v) is 0.647. The van der Waals surface area contributed by atoms with Crippen molar-refractivity contribution in [3.8, 4) is 0 Å². The van der Waals surface area contributed by atoms with Crippen LogP contribution < -0.4 is 5.73 Å². The minimum absolute atomic E-state index is 0.427. The standard InChI is InChI=1S/C6H12ClNO/c1-2-3-4-5(8)6(7)9/h5H,2-4,8H2,1H3. The number of halogens is 1. The van der Waals surface area contributed by atoms with Crippen LogP contribution >= 0.6 is 11.6 Å². The van der Waals surface area contributed by atoms with Crippen molar-refractivity contribution in [2.24, 2.45) is 5.73 Å². The molecule has 0 aliphatic heterocycles. The van der Waals surface area contributed by atoms with Gasteiger partial charge >= 0.3 is 0 Å². The molecule has 0 aliphatic rings. The highest BCUT2D eigenvalue weighted by atomic mass is 35.5. The molecule has 2 nitrogen and oxygen atoms in total. The van der Waals surface area contributed by atoms with Gasteiger partial charge in [-0.15, -0.1) is 0 Å². The molecule has 3 heteroatoms. The quantitative estimate of drug-likeness (QED) is 0.612. The molecule has 1 atom stereocenters. The van der Waals surface area contributed by atoms with Gasteiger partial charge in [0.05, 0.1) is 6.04 Å². The van der Waals surface area contributed by atoms with Gasteiger partial charge in [0.15, 0.2) is 0 Å². The molecule has 0 saturated heterocycles. The summed E-state index contributed by atoms with van der Waals surface area (Å²) < 4.78 is 0. The Labute approximate surface area is 60.4 Å². The summed E-state index contributed by atoms with van der Waals surface area (Å²) in [6.45, 7) is 2.05. The third kappa shape index (κ3) is 4.43. The lowest BCUT2D eigenvalue weighted by atomic mass is 10.1. The van der Waals surface area contributed by atoms with Gasteiger partial charge in [-0.05, 0) is 18.0 Å². The van der Waals surface area contributed by atoms with Gasteiger partial charge in [0.25, 0.3) is 0 Å². The smallest absolute Gasteiger partial charge is 0.238 e. The maximum absolute atomic E-state index is 10.3. The Morgan fingerprint density at radius 1 is 1.78 bits per heavy atom. The average Bonchev–Trinajstić information content (AvgIpc) is 1.82. The second-order valence-electron chi connectivity index (χ2n) is 2.05. The zero-order valence-corrected chi connectivity index (χ0v) is 6.32. The second-order valence-corrected chi connectivity index (χ2v) is 2.43. The van der Waals surface area contributed by atoms with Crippen LogP contribution in [-0.2, 0) is 4.79 Å². The molecule has 0 rings (SSSR count). The van der Waals surface area contributed by atoms with Crippen LogP contribution in [0.2, 0.25) is 0 Å². The van der Waals surface area contributed by atoms with E-state index < -0.39 is 11.3 Å². The number of unbranched alkanes of at least 4 members (excludes halogenated alkanes) is 1. The van der Waals surface area contributed by atoms with Crippen LogP contribution in [0.4, 0.5) is 0 Å². The zero-order valence-electron chi connectivity index (χ0n) is 5.56. The normalized spacial score (nSPS) is 13.2. The summed E-state index contributed by atoms with van der Waals surface area (Å²) >= 11 is 5.10. The van der Waals surface area contributed by atoms with Gasteiger partial charge < -0.3 is 5.73 Å². The third-order valence-corrected chi connectivity index (χ3v) is 1.44. The van der Waals surface area contributed by atoms with E-state index >= 15 is 0 Å². The van der Waals surface area contributed by atoms with Crippen LogP contribution in [-0.4, -0.2) is 11.3 Å². The van der Waals surface area contributed by atoms with E-state index in [-0.39, 0.29) is 0 Å². The molecule has 0 heterocycles. The van der Waals surface area contributed by atoms with E-state index in [1.54, 1.807) is 0 Å². The first kappa shape index (κ1) is 8.92. The first-order valence-electron chi connectivity index (χ1n) is 3.13. The van der Waals surface area contributed by atoms with Gasteiger partial charge in [-0.25, -0.2) is 0 Å². The monoisotopic (exact) mass is 149 g/mol. The van der Waals surface area contributed by atoms with Crippen molar-refractivity contribution in [3.63, 3.8) is 0 Å². The van der Waals surface area contributed by atoms with Crippen molar-refractivity contribution < 1.29 is 4.79 Å². The van der Waals surface area contributed by atoms with E-state index in [9.17, 15) is 4.79 Å². The molecule has 1 unspecified atom stereocenters.